The molecule has 98 valence electrons. The fraction of sp³-hybridized carbons (Fsp3) is 0.0714. The van der Waals surface area contributed by atoms with E-state index in [4.69, 9.17) is 4.74 Å². The number of rotatable bonds is 4. The fourth-order valence-electron chi connectivity index (χ4n) is 1.45. The predicted octanol–water partition coefficient (Wildman–Crippen LogP) is 3.61. The van der Waals surface area contributed by atoms with Crippen LogP contribution in [-0.2, 0) is 4.79 Å². The van der Waals surface area contributed by atoms with Crippen LogP contribution < -0.4 is 10.1 Å². The zero-order chi connectivity index (χ0) is 13.7. The van der Waals surface area contributed by atoms with Crippen LogP contribution in [0.2, 0.25) is 0 Å². The smallest absolute Gasteiger partial charge is 0.262 e. The Labute approximate surface area is 118 Å². The molecule has 0 aliphatic rings. The normalized spacial score (nSPS) is 10.0. The maximum atomic E-state index is 13.0. The lowest BCUT2D eigenvalue weighted by Gasteiger charge is -2.08. The average molecular weight is 324 g/mol. The molecule has 2 rings (SSSR count). The lowest BCUT2D eigenvalue weighted by molar-refractivity contribution is -0.118. The van der Waals surface area contributed by atoms with Gasteiger partial charge in [-0.15, -0.1) is 0 Å². The van der Waals surface area contributed by atoms with Gasteiger partial charge >= 0.3 is 0 Å². The summed E-state index contributed by atoms with van der Waals surface area (Å²) < 4.78 is 18.9. The molecule has 0 aliphatic carbocycles. The topological polar surface area (TPSA) is 38.3 Å². The first-order chi connectivity index (χ1) is 9.15. The lowest BCUT2D eigenvalue weighted by atomic mass is 10.3. The summed E-state index contributed by atoms with van der Waals surface area (Å²) in [5.74, 6) is -0.159. The molecule has 19 heavy (non-hydrogen) atoms. The van der Waals surface area contributed by atoms with E-state index in [1.54, 1.807) is 12.1 Å². The van der Waals surface area contributed by atoms with Crippen molar-refractivity contribution >= 4 is 27.5 Å². The minimum atomic E-state index is -0.414. The highest BCUT2D eigenvalue weighted by Crippen LogP contribution is 2.22. The van der Waals surface area contributed by atoms with E-state index >= 15 is 0 Å². The molecule has 1 amide bonds. The number of carbonyl (C=O) groups is 1. The van der Waals surface area contributed by atoms with Gasteiger partial charge in [0.1, 0.15) is 11.6 Å². The van der Waals surface area contributed by atoms with Crippen molar-refractivity contribution in [2.45, 2.75) is 0 Å². The largest absolute Gasteiger partial charge is 0.484 e. The molecular formula is C14H11BrFNO2. The van der Waals surface area contributed by atoms with Crippen molar-refractivity contribution in [3.63, 3.8) is 0 Å². The van der Waals surface area contributed by atoms with Crippen LogP contribution in [0.3, 0.4) is 0 Å². The number of nitrogens with one attached hydrogen (secondary N) is 1. The Balaban J connectivity index is 1.93. The predicted molar refractivity (Wildman–Crippen MR) is 74.7 cm³/mol. The number of amides is 1. The number of para-hydroxylation sites is 1. The van der Waals surface area contributed by atoms with E-state index in [0.717, 1.165) is 0 Å². The summed E-state index contributed by atoms with van der Waals surface area (Å²) in [4.78, 5) is 11.7. The third kappa shape index (κ3) is 4.06. The third-order valence-electron chi connectivity index (χ3n) is 2.32. The molecule has 0 bridgehead atoms. The Kier molecular flexibility index (Phi) is 4.52. The molecule has 0 fully saturated rings. The zero-order valence-corrected chi connectivity index (χ0v) is 11.5. The summed E-state index contributed by atoms with van der Waals surface area (Å²) in [5, 5.41) is 2.57. The second-order valence-electron chi connectivity index (χ2n) is 3.77. The van der Waals surface area contributed by atoms with Crippen molar-refractivity contribution in [1.82, 2.24) is 0 Å². The van der Waals surface area contributed by atoms with E-state index in [1.165, 1.54) is 18.2 Å². The quantitative estimate of drug-likeness (QED) is 0.933. The second kappa shape index (κ2) is 6.33. The number of halogens is 2. The number of carbonyl (C=O) groups excluding carboxylic acids is 1. The van der Waals surface area contributed by atoms with E-state index < -0.39 is 5.82 Å². The van der Waals surface area contributed by atoms with Crippen LogP contribution in [0.25, 0.3) is 0 Å². The van der Waals surface area contributed by atoms with Crippen molar-refractivity contribution in [2.24, 2.45) is 0 Å². The van der Waals surface area contributed by atoms with Gasteiger partial charge in [0.2, 0.25) is 0 Å². The van der Waals surface area contributed by atoms with Crippen molar-refractivity contribution in [3.05, 3.63) is 58.8 Å². The molecular weight excluding hydrogens is 313 g/mol. The molecule has 0 radical (unpaired) electrons. The molecule has 0 atom stereocenters. The standard InChI is InChI=1S/C14H11BrFNO2/c15-12-7-6-10(16)8-13(12)17-14(18)9-19-11-4-2-1-3-5-11/h1-8H,9H2,(H,17,18). The molecule has 5 heteroatoms. The van der Waals surface area contributed by atoms with E-state index in [1.807, 2.05) is 18.2 Å². The van der Waals surface area contributed by atoms with Gasteiger partial charge < -0.3 is 10.1 Å². The summed E-state index contributed by atoms with van der Waals surface area (Å²) in [7, 11) is 0. The van der Waals surface area contributed by atoms with E-state index in [-0.39, 0.29) is 12.5 Å². The van der Waals surface area contributed by atoms with Gasteiger partial charge in [-0.2, -0.15) is 0 Å². The van der Waals surface area contributed by atoms with E-state index in [2.05, 4.69) is 21.2 Å². The molecule has 0 spiro atoms. The second-order valence-corrected chi connectivity index (χ2v) is 4.63. The Morgan fingerprint density at radius 1 is 1.21 bits per heavy atom. The zero-order valence-electron chi connectivity index (χ0n) is 9.90. The van der Waals surface area contributed by atoms with Crippen LogP contribution in [-0.4, -0.2) is 12.5 Å². The minimum absolute atomic E-state index is 0.132. The van der Waals surface area contributed by atoms with Crippen LogP contribution in [0.1, 0.15) is 0 Å². The lowest BCUT2D eigenvalue weighted by Crippen LogP contribution is -2.20. The highest BCUT2D eigenvalue weighted by Gasteiger charge is 2.07. The van der Waals surface area contributed by atoms with Gasteiger partial charge in [-0.25, -0.2) is 4.39 Å². The van der Waals surface area contributed by atoms with Gasteiger partial charge in [0.25, 0.3) is 5.91 Å². The summed E-state index contributed by atoms with van der Waals surface area (Å²) in [6.45, 7) is -0.132. The summed E-state index contributed by atoms with van der Waals surface area (Å²) in [6, 6.07) is 13.1. The maximum absolute atomic E-state index is 13.0. The molecule has 0 heterocycles. The van der Waals surface area contributed by atoms with Gasteiger partial charge in [-0.05, 0) is 46.3 Å². The van der Waals surface area contributed by atoms with Crippen LogP contribution in [0, 0.1) is 5.82 Å². The number of anilines is 1. The molecule has 0 saturated heterocycles. The Hall–Kier alpha value is -1.88. The molecule has 0 aliphatic heterocycles. The Bertz CT molecular complexity index is 575. The highest BCUT2D eigenvalue weighted by molar-refractivity contribution is 9.10. The van der Waals surface area contributed by atoms with E-state index in [0.29, 0.717) is 15.9 Å². The van der Waals surface area contributed by atoms with Gasteiger partial charge in [0.05, 0.1) is 5.69 Å². The van der Waals surface area contributed by atoms with E-state index in [9.17, 15) is 9.18 Å². The summed E-state index contributed by atoms with van der Waals surface area (Å²) in [5.41, 5.74) is 0.377. The van der Waals surface area contributed by atoms with Gasteiger partial charge in [-0.3, -0.25) is 4.79 Å². The Morgan fingerprint density at radius 3 is 2.68 bits per heavy atom. The Morgan fingerprint density at radius 2 is 1.95 bits per heavy atom. The van der Waals surface area contributed by atoms with Gasteiger partial charge in [0.15, 0.2) is 6.61 Å². The maximum Gasteiger partial charge on any atom is 0.262 e. The first-order valence-electron chi connectivity index (χ1n) is 5.58. The molecule has 0 aromatic heterocycles. The van der Waals surface area contributed by atoms with Crippen LogP contribution >= 0.6 is 15.9 Å². The summed E-state index contributed by atoms with van der Waals surface area (Å²) >= 11 is 3.23. The van der Waals surface area contributed by atoms with Crippen molar-refractivity contribution in [2.75, 3.05) is 11.9 Å². The van der Waals surface area contributed by atoms with Crippen LogP contribution in [0.15, 0.2) is 53.0 Å². The van der Waals surface area contributed by atoms with Crippen molar-refractivity contribution < 1.29 is 13.9 Å². The molecule has 0 saturated carbocycles. The third-order valence-corrected chi connectivity index (χ3v) is 3.01. The molecule has 1 N–H and O–H groups in total. The average Bonchev–Trinajstić information content (AvgIpc) is 2.42. The molecule has 0 unspecified atom stereocenters. The minimum Gasteiger partial charge on any atom is -0.484 e. The first kappa shape index (κ1) is 13.5. The van der Waals surface area contributed by atoms with Gasteiger partial charge in [-0.1, -0.05) is 18.2 Å². The monoisotopic (exact) mass is 323 g/mol. The van der Waals surface area contributed by atoms with Gasteiger partial charge in [0, 0.05) is 4.47 Å². The molecule has 3 nitrogen and oxygen atoms in total. The van der Waals surface area contributed by atoms with Crippen LogP contribution in [0.5, 0.6) is 5.75 Å². The number of hydrogen-bond acceptors (Lipinski definition) is 2. The SMILES string of the molecule is O=C(COc1ccccc1)Nc1cc(F)ccc1Br. The van der Waals surface area contributed by atoms with Crippen molar-refractivity contribution in [1.29, 1.82) is 0 Å². The number of hydrogen-bond donors (Lipinski definition) is 1. The van der Waals surface area contributed by atoms with Crippen molar-refractivity contribution in [3.8, 4) is 5.75 Å². The highest BCUT2D eigenvalue weighted by atomic mass is 79.9. The van der Waals surface area contributed by atoms with Crippen LogP contribution in [0.4, 0.5) is 10.1 Å². The fourth-order valence-corrected chi connectivity index (χ4v) is 1.79. The molecule has 2 aromatic rings. The summed E-state index contributed by atoms with van der Waals surface area (Å²) in [6.07, 6.45) is 0. The number of benzene rings is 2. The number of ether oxygens (including phenoxy) is 1. The molecule has 2 aromatic carbocycles. The first-order valence-corrected chi connectivity index (χ1v) is 6.37.